The Hall–Kier alpha value is -1.14. The zero-order valence-electron chi connectivity index (χ0n) is 10.5. The van der Waals surface area contributed by atoms with Gasteiger partial charge in [-0.1, -0.05) is 15.9 Å². The van der Waals surface area contributed by atoms with Crippen molar-refractivity contribution in [3.63, 3.8) is 0 Å². The van der Waals surface area contributed by atoms with Crippen molar-refractivity contribution in [1.29, 1.82) is 0 Å². The van der Waals surface area contributed by atoms with Crippen LogP contribution in [0, 0.1) is 5.82 Å². The second-order valence-electron chi connectivity index (χ2n) is 4.72. The smallest absolute Gasteiger partial charge is 0.422 e. The third-order valence-electron chi connectivity index (χ3n) is 1.88. The highest BCUT2D eigenvalue weighted by atomic mass is 79.9. The normalized spacial score (nSPS) is 11.2. The number of hydrogen-bond acceptors (Lipinski definition) is 3. The summed E-state index contributed by atoms with van der Waals surface area (Å²) in [5.74, 6) is -0.327. The fourth-order valence-electron chi connectivity index (χ4n) is 1.19. The van der Waals surface area contributed by atoms with Gasteiger partial charge < -0.3 is 4.74 Å². The number of ether oxygens (including phenoxy) is 1. The van der Waals surface area contributed by atoms with E-state index in [0.717, 1.165) is 4.47 Å². The molecule has 0 aliphatic carbocycles. The van der Waals surface area contributed by atoms with Crippen LogP contribution < -0.4 is 10.9 Å². The van der Waals surface area contributed by atoms with Crippen LogP contribution in [0.4, 0.5) is 9.18 Å². The number of carbonyl (C=O) groups excluding carboxylic acids is 1. The van der Waals surface area contributed by atoms with Crippen LogP contribution in [-0.2, 0) is 11.3 Å². The van der Waals surface area contributed by atoms with E-state index < -0.39 is 11.7 Å². The first-order valence-electron chi connectivity index (χ1n) is 5.44. The molecule has 0 bridgehead atoms. The molecule has 0 radical (unpaired) electrons. The number of nitrogens with one attached hydrogen (secondary N) is 2. The van der Waals surface area contributed by atoms with Crippen LogP contribution in [0.15, 0.2) is 22.7 Å². The molecule has 1 aromatic carbocycles. The van der Waals surface area contributed by atoms with Gasteiger partial charge in [-0.05, 0) is 44.5 Å². The molecule has 1 rings (SSSR count). The van der Waals surface area contributed by atoms with E-state index in [1.54, 1.807) is 26.8 Å². The summed E-state index contributed by atoms with van der Waals surface area (Å²) in [5, 5.41) is 0. The summed E-state index contributed by atoms with van der Waals surface area (Å²) in [6.07, 6.45) is -0.574. The molecule has 0 unspecified atom stereocenters. The highest BCUT2D eigenvalue weighted by Crippen LogP contribution is 2.17. The number of rotatable bonds is 3. The molecule has 0 aromatic heterocycles. The van der Waals surface area contributed by atoms with Crippen LogP contribution >= 0.6 is 15.9 Å². The molecule has 1 aromatic rings. The van der Waals surface area contributed by atoms with E-state index in [9.17, 15) is 9.18 Å². The third kappa shape index (κ3) is 5.46. The van der Waals surface area contributed by atoms with Crippen molar-refractivity contribution < 1.29 is 13.9 Å². The Morgan fingerprint density at radius 1 is 1.44 bits per heavy atom. The molecule has 2 N–H and O–H groups in total. The minimum Gasteiger partial charge on any atom is -0.443 e. The lowest BCUT2D eigenvalue weighted by Gasteiger charge is -2.19. The van der Waals surface area contributed by atoms with Crippen LogP contribution in [0.2, 0.25) is 0 Å². The second kappa shape index (κ2) is 6.15. The van der Waals surface area contributed by atoms with Crippen LogP contribution in [0.25, 0.3) is 0 Å². The molecule has 0 saturated heterocycles. The molecule has 4 nitrogen and oxygen atoms in total. The van der Waals surface area contributed by atoms with Gasteiger partial charge in [0.2, 0.25) is 0 Å². The molecule has 0 spiro atoms. The molecular weight excluding hydrogens is 303 g/mol. The highest BCUT2D eigenvalue weighted by Gasteiger charge is 2.15. The molecule has 6 heteroatoms. The van der Waals surface area contributed by atoms with Crippen molar-refractivity contribution in [2.24, 2.45) is 0 Å². The molecule has 0 aliphatic rings. The summed E-state index contributed by atoms with van der Waals surface area (Å²) >= 11 is 3.30. The van der Waals surface area contributed by atoms with Crippen molar-refractivity contribution >= 4 is 22.0 Å². The van der Waals surface area contributed by atoms with E-state index in [1.807, 2.05) is 0 Å². The van der Waals surface area contributed by atoms with Gasteiger partial charge in [0, 0.05) is 11.0 Å². The fourth-order valence-corrected chi connectivity index (χ4v) is 1.58. The van der Waals surface area contributed by atoms with Crippen molar-refractivity contribution in [3.8, 4) is 0 Å². The van der Waals surface area contributed by atoms with Gasteiger partial charge in [0.1, 0.15) is 11.4 Å². The van der Waals surface area contributed by atoms with Gasteiger partial charge in [-0.25, -0.2) is 14.6 Å². The van der Waals surface area contributed by atoms with Crippen LogP contribution in [-0.4, -0.2) is 11.7 Å². The Balaban J connectivity index is 2.42. The number of hydrazine groups is 1. The van der Waals surface area contributed by atoms with Crippen LogP contribution in [0.1, 0.15) is 26.3 Å². The summed E-state index contributed by atoms with van der Waals surface area (Å²) < 4.78 is 18.8. The second-order valence-corrected chi connectivity index (χ2v) is 5.57. The SMILES string of the molecule is CC(C)(C)OC(=O)NNCc1cc(F)ccc1Br. The lowest BCUT2D eigenvalue weighted by atomic mass is 10.2. The van der Waals surface area contributed by atoms with E-state index >= 15 is 0 Å². The first-order chi connectivity index (χ1) is 8.28. The van der Waals surface area contributed by atoms with Crippen molar-refractivity contribution in [3.05, 3.63) is 34.1 Å². The first kappa shape index (κ1) is 14.9. The van der Waals surface area contributed by atoms with Crippen LogP contribution in [0.5, 0.6) is 0 Å². The molecule has 1 amide bonds. The highest BCUT2D eigenvalue weighted by molar-refractivity contribution is 9.10. The minimum absolute atomic E-state index is 0.289. The van der Waals surface area contributed by atoms with Gasteiger partial charge in [0.25, 0.3) is 0 Å². The van der Waals surface area contributed by atoms with E-state index in [2.05, 4.69) is 26.8 Å². The zero-order valence-corrected chi connectivity index (χ0v) is 12.1. The Kier molecular flexibility index (Phi) is 5.10. The Labute approximate surface area is 114 Å². The number of halogens is 2. The quantitative estimate of drug-likeness (QED) is 0.842. The van der Waals surface area contributed by atoms with Gasteiger partial charge in [-0.15, -0.1) is 0 Å². The minimum atomic E-state index is -0.574. The number of benzene rings is 1. The monoisotopic (exact) mass is 318 g/mol. The van der Waals surface area contributed by atoms with Crippen molar-refractivity contribution in [2.75, 3.05) is 0 Å². The topological polar surface area (TPSA) is 50.4 Å². The lowest BCUT2D eigenvalue weighted by molar-refractivity contribution is 0.0497. The summed E-state index contributed by atoms with van der Waals surface area (Å²) in [6.45, 7) is 5.61. The summed E-state index contributed by atoms with van der Waals surface area (Å²) in [6, 6.07) is 4.35. The summed E-state index contributed by atoms with van der Waals surface area (Å²) in [5.41, 5.74) is 5.20. The van der Waals surface area contributed by atoms with Gasteiger partial charge in [0.15, 0.2) is 0 Å². The van der Waals surface area contributed by atoms with Gasteiger partial charge in [-0.2, -0.15) is 0 Å². The average Bonchev–Trinajstić information content (AvgIpc) is 2.20. The number of amides is 1. The molecule has 0 fully saturated rings. The molecule has 0 saturated carbocycles. The maximum Gasteiger partial charge on any atom is 0.422 e. The molecule has 0 heterocycles. The Morgan fingerprint density at radius 3 is 2.72 bits per heavy atom. The Morgan fingerprint density at radius 2 is 2.11 bits per heavy atom. The van der Waals surface area contributed by atoms with Gasteiger partial charge in [-0.3, -0.25) is 5.43 Å². The first-order valence-corrected chi connectivity index (χ1v) is 6.23. The predicted octanol–water partition coefficient (Wildman–Crippen LogP) is 3.12. The van der Waals surface area contributed by atoms with E-state index in [1.165, 1.54) is 12.1 Å². The van der Waals surface area contributed by atoms with Gasteiger partial charge >= 0.3 is 6.09 Å². The van der Waals surface area contributed by atoms with Crippen LogP contribution in [0.3, 0.4) is 0 Å². The molecule has 0 aliphatic heterocycles. The largest absolute Gasteiger partial charge is 0.443 e. The maximum atomic E-state index is 13.0. The Bertz CT molecular complexity index is 433. The van der Waals surface area contributed by atoms with Crippen molar-refractivity contribution in [2.45, 2.75) is 32.9 Å². The van der Waals surface area contributed by atoms with Crippen molar-refractivity contribution in [1.82, 2.24) is 10.9 Å². The molecular formula is C12H16BrFN2O2. The van der Waals surface area contributed by atoms with Gasteiger partial charge in [0.05, 0.1) is 0 Å². The standard InChI is InChI=1S/C12H16BrFN2O2/c1-12(2,3)18-11(17)16-15-7-8-6-9(14)4-5-10(8)13/h4-6,15H,7H2,1-3H3,(H,16,17). The molecule has 18 heavy (non-hydrogen) atoms. The molecule has 100 valence electrons. The lowest BCUT2D eigenvalue weighted by Crippen LogP contribution is -2.40. The van der Waals surface area contributed by atoms with E-state index in [0.29, 0.717) is 5.56 Å². The molecule has 0 atom stereocenters. The maximum absolute atomic E-state index is 13.0. The van der Waals surface area contributed by atoms with E-state index in [-0.39, 0.29) is 12.4 Å². The summed E-state index contributed by atoms with van der Waals surface area (Å²) in [4.78, 5) is 11.3. The summed E-state index contributed by atoms with van der Waals surface area (Å²) in [7, 11) is 0. The zero-order chi connectivity index (χ0) is 13.8. The van der Waals surface area contributed by atoms with E-state index in [4.69, 9.17) is 4.74 Å². The number of carbonyl (C=O) groups is 1. The fraction of sp³-hybridized carbons (Fsp3) is 0.417. The average molecular weight is 319 g/mol. The predicted molar refractivity (Wildman–Crippen MR) is 70.3 cm³/mol. The number of hydrogen-bond donors (Lipinski definition) is 2. The third-order valence-corrected chi connectivity index (χ3v) is 2.65.